The van der Waals surface area contributed by atoms with Crippen molar-refractivity contribution in [2.45, 2.75) is 19.4 Å². The first-order valence-electron chi connectivity index (χ1n) is 6.77. The van der Waals surface area contributed by atoms with E-state index in [1.165, 1.54) is 18.2 Å². The monoisotopic (exact) mass is 281 g/mol. The number of hydrogen-bond donors (Lipinski definition) is 2. The maximum absolute atomic E-state index is 12.9. The summed E-state index contributed by atoms with van der Waals surface area (Å²) >= 11 is 0. The lowest BCUT2D eigenvalue weighted by Gasteiger charge is -2.31. The number of nitrogens with two attached hydrogens (primary N) is 1. The summed E-state index contributed by atoms with van der Waals surface area (Å²) in [7, 11) is 0. The van der Waals surface area contributed by atoms with Gasteiger partial charge in [0, 0.05) is 13.1 Å². The summed E-state index contributed by atoms with van der Waals surface area (Å²) in [6, 6.07) is 3.93. The second-order valence-corrected chi connectivity index (χ2v) is 4.92. The van der Waals surface area contributed by atoms with Crippen LogP contribution in [-0.4, -0.2) is 43.2 Å². The Morgan fingerprint density at radius 2 is 2.40 bits per heavy atom. The fraction of sp³-hybridized carbons (Fsp3) is 0.500. The van der Waals surface area contributed by atoms with Crippen LogP contribution in [0.2, 0.25) is 0 Å². The van der Waals surface area contributed by atoms with Gasteiger partial charge in [-0.2, -0.15) is 0 Å². The fourth-order valence-electron chi connectivity index (χ4n) is 2.21. The van der Waals surface area contributed by atoms with Crippen molar-refractivity contribution in [2.24, 2.45) is 0 Å². The number of anilines is 2. The van der Waals surface area contributed by atoms with Gasteiger partial charge in [0.05, 0.1) is 30.6 Å². The second-order valence-electron chi connectivity index (χ2n) is 4.92. The normalized spacial score (nSPS) is 19.8. The van der Waals surface area contributed by atoms with Crippen LogP contribution in [0.4, 0.5) is 15.8 Å². The van der Waals surface area contributed by atoms with Crippen LogP contribution in [0.1, 0.15) is 13.3 Å². The number of nitrogen functional groups attached to an aromatic ring is 1. The van der Waals surface area contributed by atoms with Gasteiger partial charge in [0.15, 0.2) is 0 Å². The predicted molar refractivity (Wildman–Crippen MR) is 75.9 cm³/mol. The number of carbonyl (C=O) groups is 1. The van der Waals surface area contributed by atoms with Gasteiger partial charge < -0.3 is 15.8 Å². The topological polar surface area (TPSA) is 67.6 Å². The molecule has 0 aliphatic carbocycles. The molecule has 1 aliphatic heterocycles. The molecule has 0 aromatic heterocycles. The molecule has 0 radical (unpaired) electrons. The van der Waals surface area contributed by atoms with Gasteiger partial charge >= 0.3 is 0 Å². The molecular formula is C14H20FN3O2. The molecule has 5 nitrogen and oxygen atoms in total. The van der Waals surface area contributed by atoms with Crippen LogP contribution in [0.5, 0.6) is 0 Å². The summed E-state index contributed by atoms with van der Waals surface area (Å²) in [6.45, 7) is 4.49. The Labute approximate surface area is 117 Å². The van der Waals surface area contributed by atoms with E-state index >= 15 is 0 Å². The van der Waals surface area contributed by atoms with Gasteiger partial charge in [-0.3, -0.25) is 9.69 Å². The number of rotatable bonds is 4. The largest absolute Gasteiger partial charge is 0.397 e. The van der Waals surface area contributed by atoms with Gasteiger partial charge in [0.25, 0.3) is 0 Å². The Morgan fingerprint density at radius 3 is 3.10 bits per heavy atom. The van der Waals surface area contributed by atoms with Crippen molar-refractivity contribution in [2.75, 3.05) is 37.3 Å². The molecule has 1 fully saturated rings. The number of benzene rings is 1. The van der Waals surface area contributed by atoms with E-state index in [0.717, 1.165) is 19.5 Å². The zero-order valence-corrected chi connectivity index (χ0v) is 11.6. The molecule has 0 spiro atoms. The lowest BCUT2D eigenvalue weighted by molar-refractivity contribution is -0.119. The average molecular weight is 281 g/mol. The summed E-state index contributed by atoms with van der Waals surface area (Å²) in [6.07, 6.45) is 1.12. The molecular weight excluding hydrogens is 261 g/mol. The molecule has 20 heavy (non-hydrogen) atoms. The SMILES string of the molecule is CCC1CN(CC(=O)Nc2ccc(F)cc2N)CCO1. The van der Waals surface area contributed by atoms with Gasteiger partial charge in [-0.05, 0) is 24.6 Å². The first-order valence-corrected chi connectivity index (χ1v) is 6.77. The molecule has 1 amide bonds. The lowest BCUT2D eigenvalue weighted by Crippen LogP contribution is -2.45. The van der Waals surface area contributed by atoms with E-state index in [0.29, 0.717) is 12.3 Å². The van der Waals surface area contributed by atoms with Gasteiger partial charge in [-0.15, -0.1) is 0 Å². The van der Waals surface area contributed by atoms with Gasteiger partial charge in [-0.1, -0.05) is 6.92 Å². The highest BCUT2D eigenvalue weighted by molar-refractivity contribution is 5.95. The maximum atomic E-state index is 12.9. The maximum Gasteiger partial charge on any atom is 0.238 e. The highest BCUT2D eigenvalue weighted by atomic mass is 19.1. The van der Waals surface area contributed by atoms with E-state index in [-0.39, 0.29) is 24.2 Å². The molecule has 2 rings (SSSR count). The zero-order valence-electron chi connectivity index (χ0n) is 11.6. The van der Waals surface area contributed by atoms with Gasteiger partial charge in [0.1, 0.15) is 5.82 Å². The van der Waals surface area contributed by atoms with E-state index < -0.39 is 5.82 Å². The first-order chi connectivity index (χ1) is 9.58. The Morgan fingerprint density at radius 1 is 1.60 bits per heavy atom. The van der Waals surface area contributed by atoms with E-state index in [1.54, 1.807) is 0 Å². The number of carbonyl (C=O) groups excluding carboxylic acids is 1. The standard InChI is InChI=1S/C14H20FN3O2/c1-2-11-8-18(5-6-20-11)9-14(19)17-13-4-3-10(15)7-12(13)16/h3-4,7,11H,2,5-6,8-9,16H2,1H3,(H,17,19). The van der Waals surface area contributed by atoms with Crippen molar-refractivity contribution in [3.63, 3.8) is 0 Å². The smallest absolute Gasteiger partial charge is 0.238 e. The summed E-state index contributed by atoms with van der Waals surface area (Å²) in [5, 5.41) is 2.70. The van der Waals surface area contributed by atoms with Crippen LogP contribution in [-0.2, 0) is 9.53 Å². The minimum atomic E-state index is -0.417. The Balaban J connectivity index is 1.88. The predicted octanol–water partition coefficient (Wildman–Crippen LogP) is 1.46. The summed E-state index contributed by atoms with van der Waals surface area (Å²) in [5.41, 5.74) is 6.33. The van der Waals surface area contributed by atoms with Crippen LogP contribution in [0, 0.1) is 5.82 Å². The minimum Gasteiger partial charge on any atom is -0.397 e. The summed E-state index contributed by atoms with van der Waals surface area (Å²) < 4.78 is 18.5. The number of nitrogens with one attached hydrogen (secondary N) is 1. The molecule has 0 bridgehead atoms. The van der Waals surface area contributed by atoms with Crippen LogP contribution in [0.3, 0.4) is 0 Å². The molecule has 1 unspecified atom stereocenters. The third kappa shape index (κ3) is 3.91. The number of nitrogens with zero attached hydrogens (tertiary/aromatic N) is 1. The highest BCUT2D eigenvalue weighted by Crippen LogP contribution is 2.19. The van der Waals surface area contributed by atoms with Crippen molar-refractivity contribution in [3.8, 4) is 0 Å². The van der Waals surface area contributed by atoms with E-state index in [4.69, 9.17) is 10.5 Å². The minimum absolute atomic E-state index is 0.153. The highest BCUT2D eigenvalue weighted by Gasteiger charge is 2.20. The van der Waals surface area contributed by atoms with E-state index in [2.05, 4.69) is 12.2 Å². The van der Waals surface area contributed by atoms with Crippen molar-refractivity contribution < 1.29 is 13.9 Å². The molecule has 6 heteroatoms. The van der Waals surface area contributed by atoms with Crippen LogP contribution < -0.4 is 11.1 Å². The Bertz CT molecular complexity index is 481. The van der Waals surface area contributed by atoms with Crippen LogP contribution in [0.15, 0.2) is 18.2 Å². The third-order valence-corrected chi connectivity index (χ3v) is 3.33. The molecule has 0 saturated carbocycles. The summed E-state index contributed by atoms with van der Waals surface area (Å²) in [4.78, 5) is 14.0. The molecule has 3 N–H and O–H groups in total. The first kappa shape index (κ1) is 14.7. The van der Waals surface area contributed by atoms with Crippen molar-refractivity contribution >= 4 is 17.3 Å². The zero-order chi connectivity index (χ0) is 14.5. The molecule has 1 saturated heterocycles. The van der Waals surface area contributed by atoms with Crippen LogP contribution in [0.25, 0.3) is 0 Å². The van der Waals surface area contributed by atoms with Gasteiger partial charge in [-0.25, -0.2) is 4.39 Å². The van der Waals surface area contributed by atoms with Crippen LogP contribution >= 0.6 is 0 Å². The molecule has 1 aromatic rings. The second kappa shape index (κ2) is 6.67. The summed E-state index contributed by atoms with van der Waals surface area (Å²) in [5.74, 6) is -0.570. The van der Waals surface area contributed by atoms with Crippen molar-refractivity contribution in [3.05, 3.63) is 24.0 Å². The average Bonchev–Trinajstić information content (AvgIpc) is 2.42. The number of halogens is 1. The van der Waals surface area contributed by atoms with E-state index in [9.17, 15) is 9.18 Å². The van der Waals surface area contributed by atoms with E-state index in [1.807, 2.05) is 4.90 Å². The molecule has 1 aliphatic rings. The third-order valence-electron chi connectivity index (χ3n) is 3.33. The van der Waals surface area contributed by atoms with Crippen molar-refractivity contribution in [1.82, 2.24) is 4.90 Å². The Hall–Kier alpha value is -1.66. The molecule has 110 valence electrons. The van der Waals surface area contributed by atoms with Crippen molar-refractivity contribution in [1.29, 1.82) is 0 Å². The number of amides is 1. The molecule has 1 atom stereocenters. The Kier molecular flexibility index (Phi) is 4.92. The quantitative estimate of drug-likeness (QED) is 0.820. The number of ether oxygens (including phenoxy) is 1. The van der Waals surface area contributed by atoms with Gasteiger partial charge in [0.2, 0.25) is 5.91 Å². The fourth-order valence-corrected chi connectivity index (χ4v) is 2.21. The number of morpholine rings is 1. The molecule has 1 heterocycles. The number of hydrogen-bond acceptors (Lipinski definition) is 4. The lowest BCUT2D eigenvalue weighted by atomic mass is 10.2. The molecule has 1 aromatic carbocycles.